The fourth-order valence-electron chi connectivity index (χ4n) is 2.22. The lowest BCUT2D eigenvalue weighted by Gasteiger charge is -2.25. The number of hydrogen-bond donors (Lipinski definition) is 1. The van der Waals surface area contributed by atoms with Crippen LogP contribution in [0.1, 0.15) is 38.3 Å². The van der Waals surface area contributed by atoms with Crippen LogP contribution in [0.2, 0.25) is 0 Å². The zero-order valence-electron chi connectivity index (χ0n) is 12.4. The largest absolute Gasteiger partial charge is 0.300 e. The fraction of sp³-hybridized carbons (Fsp3) is 0.562. The van der Waals surface area contributed by atoms with Crippen LogP contribution in [-0.4, -0.2) is 17.3 Å². The first kappa shape index (κ1) is 16.1. The van der Waals surface area contributed by atoms with Crippen molar-refractivity contribution < 1.29 is 0 Å². The van der Waals surface area contributed by atoms with E-state index in [4.69, 9.17) is 0 Å². The molecule has 0 amide bonds. The first-order valence-corrected chi connectivity index (χ1v) is 7.87. The molecule has 0 aliphatic rings. The van der Waals surface area contributed by atoms with Crippen LogP contribution >= 0.6 is 11.8 Å². The predicted octanol–water partition coefficient (Wildman–Crippen LogP) is 3.90. The van der Waals surface area contributed by atoms with Crippen molar-refractivity contribution in [2.75, 3.05) is 6.54 Å². The number of thioether (sulfide) groups is 1. The quantitative estimate of drug-likeness (QED) is 0.820. The molecule has 1 aromatic carbocycles. The summed E-state index contributed by atoms with van der Waals surface area (Å²) >= 11 is 1.92. The zero-order chi connectivity index (χ0) is 14.3. The van der Waals surface area contributed by atoms with E-state index in [9.17, 15) is 5.26 Å². The first-order valence-electron chi connectivity index (χ1n) is 6.82. The molecule has 104 valence electrons. The van der Waals surface area contributed by atoms with E-state index in [0.29, 0.717) is 5.25 Å². The van der Waals surface area contributed by atoms with Gasteiger partial charge in [-0.3, -0.25) is 5.32 Å². The molecular formula is C16H24N2S. The van der Waals surface area contributed by atoms with Crippen LogP contribution in [0.25, 0.3) is 0 Å². The number of nitrogens with zero attached hydrogens (tertiary/aromatic N) is 1. The summed E-state index contributed by atoms with van der Waals surface area (Å²) in [5.41, 5.74) is 2.26. The van der Waals surface area contributed by atoms with E-state index in [0.717, 1.165) is 18.7 Å². The second kappa shape index (κ2) is 7.57. The summed E-state index contributed by atoms with van der Waals surface area (Å²) in [5, 5.41) is 13.0. The van der Waals surface area contributed by atoms with Crippen molar-refractivity contribution in [1.82, 2.24) is 5.32 Å². The Kier molecular flexibility index (Phi) is 6.41. The zero-order valence-corrected chi connectivity index (χ0v) is 13.2. The van der Waals surface area contributed by atoms with E-state index in [1.165, 1.54) is 11.1 Å². The molecule has 2 atom stereocenters. The van der Waals surface area contributed by atoms with E-state index in [-0.39, 0.29) is 0 Å². The minimum atomic E-state index is -0.409. The van der Waals surface area contributed by atoms with E-state index in [1.54, 1.807) is 0 Å². The van der Waals surface area contributed by atoms with Crippen LogP contribution in [-0.2, 0) is 5.75 Å². The Morgan fingerprint density at radius 3 is 2.79 bits per heavy atom. The maximum absolute atomic E-state index is 9.27. The Bertz CT molecular complexity index is 439. The van der Waals surface area contributed by atoms with Crippen LogP contribution in [0.15, 0.2) is 24.3 Å². The molecule has 1 rings (SSSR count). The molecule has 0 saturated carbocycles. The van der Waals surface area contributed by atoms with Gasteiger partial charge in [-0.25, -0.2) is 0 Å². The highest BCUT2D eigenvalue weighted by Gasteiger charge is 2.25. The normalized spacial score (nSPS) is 15.5. The molecule has 1 N–H and O–H groups in total. The maximum atomic E-state index is 9.27. The highest BCUT2D eigenvalue weighted by atomic mass is 32.2. The lowest BCUT2D eigenvalue weighted by Crippen LogP contribution is -2.42. The van der Waals surface area contributed by atoms with E-state index < -0.39 is 5.54 Å². The third kappa shape index (κ3) is 5.67. The molecule has 1 aromatic rings. The topological polar surface area (TPSA) is 35.8 Å². The molecule has 2 unspecified atom stereocenters. The van der Waals surface area contributed by atoms with Crippen molar-refractivity contribution in [3.8, 4) is 6.07 Å². The van der Waals surface area contributed by atoms with Crippen molar-refractivity contribution in [3.63, 3.8) is 0 Å². The smallest absolute Gasteiger partial charge is 0.104 e. The molecule has 3 heteroatoms. The molecule has 19 heavy (non-hydrogen) atoms. The summed E-state index contributed by atoms with van der Waals surface area (Å²) in [5.74, 6) is 1.01. The van der Waals surface area contributed by atoms with Gasteiger partial charge in [0.05, 0.1) is 6.07 Å². The molecule has 0 heterocycles. The number of rotatable bonds is 7. The van der Waals surface area contributed by atoms with Crippen molar-refractivity contribution in [1.29, 1.82) is 5.26 Å². The molecule has 0 fully saturated rings. The highest BCUT2D eigenvalue weighted by molar-refractivity contribution is 7.99. The average Bonchev–Trinajstić information content (AvgIpc) is 2.37. The number of nitrogens with one attached hydrogen (secondary N) is 1. The fourth-order valence-corrected chi connectivity index (χ4v) is 3.33. The van der Waals surface area contributed by atoms with Crippen molar-refractivity contribution in [2.45, 2.75) is 50.7 Å². The molecule has 0 aromatic heterocycles. The number of nitriles is 1. The van der Waals surface area contributed by atoms with Crippen LogP contribution in [0.3, 0.4) is 0 Å². The molecule has 0 saturated heterocycles. The van der Waals surface area contributed by atoms with E-state index in [2.05, 4.69) is 49.5 Å². The van der Waals surface area contributed by atoms with Gasteiger partial charge in [0.25, 0.3) is 0 Å². The van der Waals surface area contributed by atoms with Gasteiger partial charge in [-0.05, 0) is 32.4 Å². The van der Waals surface area contributed by atoms with Gasteiger partial charge in [0.2, 0.25) is 0 Å². The summed E-state index contributed by atoms with van der Waals surface area (Å²) < 4.78 is 0. The third-order valence-corrected chi connectivity index (χ3v) is 4.36. The second-order valence-corrected chi connectivity index (χ2v) is 6.72. The predicted molar refractivity (Wildman–Crippen MR) is 84.2 cm³/mol. The SMILES string of the molecule is CCNC(C)(C#N)CC(C)SCc1cccc(C)c1. The number of hydrogen-bond acceptors (Lipinski definition) is 3. The van der Waals surface area contributed by atoms with Crippen LogP contribution in [0.5, 0.6) is 0 Å². The Labute approximate surface area is 121 Å². The van der Waals surface area contributed by atoms with Gasteiger partial charge in [-0.15, -0.1) is 0 Å². The van der Waals surface area contributed by atoms with Gasteiger partial charge in [0.15, 0.2) is 0 Å². The lowest BCUT2D eigenvalue weighted by molar-refractivity contribution is 0.429. The average molecular weight is 276 g/mol. The minimum Gasteiger partial charge on any atom is -0.300 e. The van der Waals surface area contributed by atoms with Gasteiger partial charge in [-0.1, -0.05) is 43.7 Å². The molecule has 0 spiro atoms. The van der Waals surface area contributed by atoms with E-state index >= 15 is 0 Å². The first-order chi connectivity index (χ1) is 8.99. The lowest BCUT2D eigenvalue weighted by atomic mass is 9.98. The molecule has 0 radical (unpaired) electrons. The number of aryl methyl sites for hydroxylation is 1. The second-order valence-electron chi connectivity index (χ2n) is 5.29. The summed E-state index contributed by atoms with van der Waals surface area (Å²) in [4.78, 5) is 0. The van der Waals surface area contributed by atoms with Gasteiger partial charge in [0, 0.05) is 11.0 Å². The van der Waals surface area contributed by atoms with Crippen molar-refractivity contribution >= 4 is 11.8 Å². The molecule has 0 bridgehead atoms. The van der Waals surface area contributed by atoms with Crippen LogP contribution in [0.4, 0.5) is 0 Å². The molecule has 2 nitrogen and oxygen atoms in total. The number of benzene rings is 1. The van der Waals surface area contributed by atoms with Gasteiger partial charge in [-0.2, -0.15) is 17.0 Å². The van der Waals surface area contributed by atoms with Gasteiger partial charge in [0.1, 0.15) is 5.54 Å². The summed E-state index contributed by atoms with van der Waals surface area (Å²) in [6.45, 7) is 9.18. The Morgan fingerprint density at radius 1 is 1.47 bits per heavy atom. The Balaban J connectivity index is 2.47. The van der Waals surface area contributed by atoms with Gasteiger partial charge >= 0.3 is 0 Å². The standard InChI is InChI=1S/C16H24N2S/c1-5-18-16(4,12-17)10-14(3)19-11-15-8-6-7-13(2)9-15/h6-9,14,18H,5,10-11H2,1-4H3. The summed E-state index contributed by atoms with van der Waals surface area (Å²) in [6.07, 6.45) is 0.869. The van der Waals surface area contributed by atoms with Crippen molar-refractivity contribution in [3.05, 3.63) is 35.4 Å². The van der Waals surface area contributed by atoms with Gasteiger partial charge < -0.3 is 0 Å². The van der Waals surface area contributed by atoms with Crippen LogP contribution in [0, 0.1) is 18.3 Å². The van der Waals surface area contributed by atoms with Crippen LogP contribution < -0.4 is 5.32 Å². The highest BCUT2D eigenvalue weighted by Crippen LogP contribution is 2.25. The monoisotopic (exact) mass is 276 g/mol. The summed E-state index contributed by atoms with van der Waals surface area (Å²) in [6, 6.07) is 11.0. The molecule has 0 aliphatic heterocycles. The molecule has 0 aliphatic carbocycles. The maximum Gasteiger partial charge on any atom is 0.104 e. The Morgan fingerprint density at radius 2 is 2.21 bits per heavy atom. The van der Waals surface area contributed by atoms with E-state index in [1.807, 2.05) is 25.6 Å². The third-order valence-electron chi connectivity index (χ3n) is 3.13. The summed E-state index contributed by atoms with van der Waals surface area (Å²) in [7, 11) is 0. The minimum absolute atomic E-state index is 0.409. The molecular weight excluding hydrogens is 252 g/mol. The Hall–Kier alpha value is -0.980. The van der Waals surface area contributed by atoms with Crippen molar-refractivity contribution in [2.24, 2.45) is 0 Å².